The van der Waals surface area contributed by atoms with Crippen LogP contribution >= 0.6 is 0 Å². The minimum atomic E-state index is -1.06. The van der Waals surface area contributed by atoms with Crippen LogP contribution in [0.25, 0.3) is 0 Å². The van der Waals surface area contributed by atoms with Crippen molar-refractivity contribution in [3.05, 3.63) is 64.7 Å². The van der Waals surface area contributed by atoms with Crippen LogP contribution in [0.1, 0.15) is 64.1 Å². The number of anilines is 1. The van der Waals surface area contributed by atoms with E-state index < -0.39 is 5.97 Å². The van der Waals surface area contributed by atoms with Gasteiger partial charge in [0, 0.05) is 12.2 Å². The third-order valence-corrected chi connectivity index (χ3v) is 5.67. The Hall–Kier alpha value is -2.66. The SMILES string of the molecule is CC1c2cccc(C(=O)O)c2C(=O)N1c1ccc(CN2CCCCC2)cc1. The number of carboxylic acids is 1. The number of hydrogen-bond acceptors (Lipinski definition) is 3. The van der Waals surface area contributed by atoms with Crippen molar-refractivity contribution in [2.75, 3.05) is 18.0 Å². The quantitative estimate of drug-likeness (QED) is 0.888. The van der Waals surface area contributed by atoms with Crippen LogP contribution in [0.2, 0.25) is 0 Å². The monoisotopic (exact) mass is 364 g/mol. The van der Waals surface area contributed by atoms with E-state index in [1.807, 2.05) is 25.1 Å². The number of benzene rings is 2. The molecule has 5 heteroatoms. The standard InChI is InChI=1S/C22H24N2O3/c1-15-18-6-5-7-19(22(26)27)20(18)21(25)24(15)17-10-8-16(9-11-17)14-23-12-3-2-4-13-23/h5-11,15H,2-4,12-14H2,1H3,(H,26,27). The van der Waals surface area contributed by atoms with Gasteiger partial charge < -0.3 is 10.0 Å². The molecule has 5 nitrogen and oxygen atoms in total. The highest BCUT2D eigenvalue weighted by Gasteiger charge is 2.37. The zero-order valence-electron chi connectivity index (χ0n) is 15.5. The first-order chi connectivity index (χ1) is 13.1. The highest BCUT2D eigenvalue weighted by atomic mass is 16.4. The highest BCUT2D eigenvalue weighted by Crippen LogP contribution is 2.38. The Bertz CT molecular complexity index is 870. The first-order valence-corrected chi connectivity index (χ1v) is 9.57. The van der Waals surface area contributed by atoms with Crippen molar-refractivity contribution >= 4 is 17.6 Å². The molecule has 4 rings (SSSR count). The molecule has 1 unspecified atom stereocenters. The van der Waals surface area contributed by atoms with Gasteiger partial charge in [-0.15, -0.1) is 0 Å². The van der Waals surface area contributed by atoms with Crippen LogP contribution in [0.3, 0.4) is 0 Å². The topological polar surface area (TPSA) is 60.9 Å². The summed E-state index contributed by atoms with van der Waals surface area (Å²) in [6, 6.07) is 13.0. The Morgan fingerprint density at radius 2 is 1.78 bits per heavy atom. The maximum absolute atomic E-state index is 13.0. The van der Waals surface area contributed by atoms with Crippen molar-refractivity contribution in [2.45, 2.75) is 38.8 Å². The zero-order chi connectivity index (χ0) is 19.0. The van der Waals surface area contributed by atoms with Gasteiger partial charge in [0.15, 0.2) is 0 Å². The van der Waals surface area contributed by atoms with Crippen LogP contribution in [0.5, 0.6) is 0 Å². The van der Waals surface area contributed by atoms with E-state index in [1.54, 1.807) is 11.0 Å². The van der Waals surface area contributed by atoms with E-state index in [4.69, 9.17) is 0 Å². The molecule has 0 bridgehead atoms. The van der Waals surface area contributed by atoms with Gasteiger partial charge in [0.1, 0.15) is 0 Å². The minimum absolute atomic E-state index is 0.0774. The van der Waals surface area contributed by atoms with Crippen molar-refractivity contribution in [3.63, 3.8) is 0 Å². The Morgan fingerprint density at radius 1 is 1.07 bits per heavy atom. The molecule has 0 radical (unpaired) electrons. The van der Waals surface area contributed by atoms with Gasteiger partial charge in [0.2, 0.25) is 0 Å². The molecule has 2 aromatic rings. The first-order valence-electron chi connectivity index (χ1n) is 9.57. The predicted octanol–water partition coefficient (Wildman–Crippen LogP) is 4.09. The Balaban J connectivity index is 1.57. The number of likely N-dealkylation sites (tertiary alicyclic amines) is 1. The number of carboxylic acid groups (broad SMARTS) is 1. The van der Waals surface area contributed by atoms with Crippen molar-refractivity contribution in [2.24, 2.45) is 0 Å². The molecule has 27 heavy (non-hydrogen) atoms. The molecule has 0 saturated carbocycles. The van der Waals surface area contributed by atoms with E-state index in [0.29, 0.717) is 5.56 Å². The Morgan fingerprint density at radius 3 is 2.44 bits per heavy atom. The fraction of sp³-hybridized carbons (Fsp3) is 0.364. The summed E-state index contributed by atoms with van der Waals surface area (Å²) < 4.78 is 0. The number of rotatable bonds is 4. The lowest BCUT2D eigenvalue weighted by atomic mass is 10.0. The fourth-order valence-electron chi connectivity index (χ4n) is 4.25. The summed E-state index contributed by atoms with van der Waals surface area (Å²) >= 11 is 0. The first kappa shape index (κ1) is 17.7. The van der Waals surface area contributed by atoms with Gasteiger partial charge in [-0.1, -0.05) is 30.7 Å². The summed E-state index contributed by atoms with van der Waals surface area (Å²) in [4.78, 5) is 28.7. The number of carbonyl (C=O) groups excluding carboxylic acids is 1. The molecule has 0 spiro atoms. The van der Waals surface area contributed by atoms with Gasteiger partial charge in [0.25, 0.3) is 5.91 Å². The molecule has 1 saturated heterocycles. The van der Waals surface area contributed by atoms with Crippen molar-refractivity contribution < 1.29 is 14.7 Å². The Labute approximate surface area is 159 Å². The number of fused-ring (bicyclic) bond motifs is 1. The van der Waals surface area contributed by atoms with E-state index in [0.717, 1.165) is 30.9 Å². The van der Waals surface area contributed by atoms with Crippen molar-refractivity contribution in [3.8, 4) is 0 Å². The van der Waals surface area contributed by atoms with Crippen LogP contribution in [0.4, 0.5) is 5.69 Å². The van der Waals surface area contributed by atoms with Gasteiger partial charge in [-0.25, -0.2) is 4.79 Å². The number of piperidine rings is 1. The number of nitrogens with zero attached hydrogens (tertiary/aromatic N) is 2. The predicted molar refractivity (Wildman–Crippen MR) is 104 cm³/mol. The molecular formula is C22H24N2O3. The van der Waals surface area contributed by atoms with E-state index in [9.17, 15) is 14.7 Å². The molecule has 2 heterocycles. The van der Waals surface area contributed by atoms with Crippen molar-refractivity contribution in [1.29, 1.82) is 0 Å². The second-order valence-corrected chi connectivity index (χ2v) is 7.43. The van der Waals surface area contributed by atoms with Gasteiger partial charge in [0.05, 0.1) is 17.2 Å². The van der Waals surface area contributed by atoms with Crippen LogP contribution in [-0.4, -0.2) is 35.0 Å². The summed E-state index contributed by atoms with van der Waals surface area (Å²) in [6.45, 7) is 5.18. The van der Waals surface area contributed by atoms with E-state index in [-0.39, 0.29) is 17.5 Å². The zero-order valence-corrected chi connectivity index (χ0v) is 15.5. The van der Waals surface area contributed by atoms with Crippen LogP contribution < -0.4 is 4.90 Å². The summed E-state index contributed by atoms with van der Waals surface area (Å²) in [5, 5.41) is 9.43. The molecule has 1 amide bonds. The minimum Gasteiger partial charge on any atom is -0.478 e. The molecule has 2 aliphatic rings. The summed E-state index contributed by atoms with van der Waals surface area (Å²) in [6.07, 6.45) is 3.85. The van der Waals surface area contributed by atoms with Crippen molar-refractivity contribution in [1.82, 2.24) is 4.90 Å². The summed E-state index contributed by atoms with van der Waals surface area (Å²) in [7, 11) is 0. The average molecular weight is 364 g/mol. The Kier molecular flexibility index (Phi) is 4.70. The molecule has 1 atom stereocenters. The molecule has 1 fully saturated rings. The largest absolute Gasteiger partial charge is 0.478 e. The second-order valence-electron chi connectivity index (χ2n) is 7.43. The molecule has 0 aromatic heterocycles. The number of aromatic carboxylic acids is 1. The van der Waals surface area contributed by atoms with E-state index in [2.05, 4.69) is 17.0 Å². The van der Waals surface area contributed by atoms with Crippen LogP contribution in [-0.2, 0) is 6.54 Å². The molecule has 2 aliphatic heterocycles. The fourth-order valence-corrected chi connectivity index (χ4v) is 4.25. The molecule has 2 aromatic carbocycles. The molecular weight excluding hydrogens is 340 g/mol. The van der Waals surface area contributed by atoms with E-state index >= 15 is 0 Å². The number of amides is 1. The second kappa shape index (κ2) is 7.16. The van der Waals surface area contributed by atoms with Gasteiger partial charge in [-0.2, -0.15) is 0 Å². The van der Waals surface area contributed by atoms with E-state index in [1.165, 1.54) is 30.9 Å². The maximum atomic E-state index is 13.0. The third-order valence-electron chi connectivity index (χ3n) is 5.67. The normalized spacial score (nSPS) is 20.0. The van der Waals surface area contributed by atoms with Gasteiger partial charge >= 0.3 is 5.97 Å². The lowest BCUT2D eigenvalue weighted by Gasteiger charge is -2.27. The molecule has 1 N–H and O–H groups in total. The van der Waals surface area contributed by atoms with Crippen LogP contribution in [0, 0.1) is 0 Å². The summed E-state index contributed by atoms with van der Waals surface area (Å²) in [5.41, 5.74) is 3.21. The molecule has 140 valence electrons. The van der Waals surface area contributed by atoms with Gasteiger partial charge in [-0.3, -0.25) is 9.69 Å². The number of hydrogen-bond donors (Lipinski definition) is 1. The molecule has 0 aliphatic carbocycles. The lowest BCUT2D eigenvalue weighted by molar-refractivity contribution is 0.0692. The smallest absolute Gasteiger partial charge is 0.336 e. The van der Waals surface area contributed by atoms with Gasteiger partial charge in [-0.05, 0) is 62.2 Å². The summed E-state index contributed by atoms with van der Waals surface area (Å²) in [5.74, 6) is -1.30. The number of carbonyl (C=O) groups is 2. The maximum Gasteiger partial charge on any atom is 0.336 e. The lowest BCUT2D eigenvalue weighted by Crippen LogP contribution is -2.29. The van der Waals surface area contributed by atoms with Crippen LogP contribution in [0.15, 0.2) is 42.5 Å². The average Bonchev–Trinajstić information content (AvgIpc) is 2.94. The highest BCUT2D eigenvalue weighted by molar-refractivity contribution is 6.16. The third kappa shape index (κ3) is 3.23.